The Morgan fingerprint density at radius 3 is 2.74 bits per heavy atom. The highest BCUT2D eigenvalue weighted by Gasteiger charge is 2.20. The summed E-state index contributed by atoms with van der Waals surface area (Å²) < 4.78 is 11.8. The summed E-state index contributed by atoms with van der Waals surface area (Å²) >= 11 is 0. The number of H-pyrrole nitrogens is 1. The number of amides is 1. The van der Waals surface area contributed by atoms with Crippen molar-refractivity contribution >= 4 is 11.8 Å². The predicted molar refractivity (Wildman–Crippen MR) is 120 cm³/mol. The molecule has 0 aliphatic carbocycles. The van der Waals surface area contributed by atoms with Gasteiger partial charge in [0.25, 0.3) is 0 Å². The number of carbonyl (C=O) groups is 1. The molecule has 1 aromatic heterocycles. The molecule has 1 fully saturated rings. The molecule has 3 aromatic rings. The number of carbonyl (C=O) groups excluding carboxylic acids is 1. The number of aromatic nitrogens is 2. The van der Waals surface area contributed by atoms with Gasteiger partial charge in [0, 0.05) is 24.8 Å². The average molecular weight is 421 g/mol. The van der Waals surface area contributed by atoms with Gasteiger partial charge in [-0.05, 0) is 55.6 Å². The SMILES string of the molecule is Cc1ccccc1COC(=O)Nc1ccc(-c2cn[nH]c2)cc1OC1CCN(C)CC1. The van der Waals surface area contributed by atoms with E-state index in [0.717, 1.165) is 48.2 Å². The van der Waals surface area contributed by atoms with Crippen molar-refractivity contribution < 1.29 is 14.3 Å². The van der Waals surface area contributed by atoms with Crippen LogP contribution >= 0.6 is 0 Å². The summed E-state index contributed by atoms with van der Waals surface area (Å²) in [5.41, 5.74) is 4.60. The second kappa shape index (κ2) is 9.66. The van der Waals surface area contributed by atoms with Gasteiger partial charge in [-0.25, -0.2) is 4.79 Å². The van der Waals surface area contributed by atoms with Crippen molar-refractivity contribution in [1.29, 1.82) is 0 Å². The minimum absolute atomic E-state index is 0.110. The fraction of sp³-hybridized carbons (Fsp3) is 0.333. The third kappa shape index (κ3) is 5.44. The largest absolute Gasteiger partial charge is 0.488 e. The van der Waals surface area contributed by atoms with Crippen LogP contribution in [0.1, 0.15) is 24.0 Å². The van der Waals surface area contributed by atoms with Crippen molar-refractivity contribution in [2.75, 3.05) is 25.5 Å². The number of anilines is 1. The fourth-order valence-corrected chi connectivity index (χ4v) is 3.66. The number of hydrogen-bond acceptors (Lipinski definition) is 5. The molecule has 1 aliphatic rings. The normalized spacial score (nSPS) is 14.9. The first-order chi connectivity index (χ1) is 15.1. The number of hydrogen-bond donors (Lipinski definition) is 2. The molecule has 31 heavy (non-hydrogen) atoms. The van der Waals surface area contributed by atoms with Gasteiger partial charge < -0.3 is 14.4 Å². The molecule has 0 saturated carbocycles. The lowest BCUT2D eigenvalue weighted by Crippen LogP contribution is -2.35. The molecule has 2 heterocycles. The number of nitrogens with zero attached hydrogens (tertiary/aromatic N) is 2. The van der Waals surface area contributed by atoms with Crippen LogP contribution in [0.5, 0.6) is 5.75 Å². The molecule has 0 spiro atoms. The summed E-state index contributed by atoms with van der Waals surface area (Å²) in [6.07, 6.45) is 5.09. The minimum Gasteiger partial charge on any atom is -0.488 e. The van der Waals surface area contributed by atoms with Crippen molar-refractivity contribution in [3.8, 4) is 16.9 Å². The van der Waals surface area contributed by atoms with E-state index in [9.17, 15) is 4.79 Å². The number of aryl methyl sites for hydroxylation is 1. The van der Waals surface area contributed by atoms with Crippen LogP contribution in [-0.2, 0) is 11.3 Å². The van der Waals surface area contributed by atoms with E-state index in [1.165, 1.54) is 0 Å². The van der Waals surface area contributed by atoms with Crippen LogP contribution < -0.4 is 10.1 Å². The lowest BCUT2D eigenvalue weighted by molar-refractivity contribution is 0.114. The third-order valence-corrected chi connectivity index (χ3v) is 5.63. The number of aromatic amines is 1. The monoisotopic (exact) mass is 420 g/mol. The Morgan fingerprint density at radius 2 is 2.00 bits per heavy atom. The first-order valence-corrected chi connectivity index (χ1v) is 10.5. The van der Waals surface area contributed by atoms with Crippen LogP contribution in [0.4, 0.5) is 10.5 Å². The molecule has 1 amide bonds. The van der Waals surface area contributed by atoms with Gasteiger partial charge >= 0.3 is 6.09 Å². The van der Waals surface area contributed by atoms with E-state index in [1.807, 2.05) is 55.6 Å². The summed E-state index contributed by atoms with van der Waals surface area (Å²) in [5, 5.41) is 9.70. The highest BCUT2D eigenvalue weighted by molar-refractivity contribution is 5.87. The molecule has 1 saturated heterocycles. The third-order valence-electron chi connectivity index (χ3n) is 5.63. The molecular weight excluding hydrogens is 392 g/mol. The molecule has 0 atom stereocenters. The Bertz CT molecular complexity index is 1010. The zero-order valence-electron chi connectivity index (χ0n) is 17.9. The van der Waals surface area contributed by atoms with E-state index in [4.69, 9.17) is 9.47 Å². The molecule has 0 bridgehead atoms. The maximum atomic E-state index is 12.5. The molecule has 4 rings (SSSR count). The zero-order chi connectivity index (χ0) is 21.6. The van der Waals surface area contributed by atoms with Crippen molar-refractivity contribution in [3.05, 3.63) is 66.0 Å². The summed E-state index contributed by atoms with van der Waals surface area (Å²) in [6.45, 7) is 4.20. The van der Waals surface area contributed by atoms with Gasteiger partial charge in [0.1, 0.15) is 18.5 Å². The molecule has 2 aromatic carbocycles. The van der Waals surface area contributed by atoms with E-state index >= 15 is 0 Å². The Kier molecular flexibility index (Phi) is 6.52. The number of likely N-dealkylation sites (tertiary alicyclic amines) is 1. The lowest BCUT2D eigenvalue weighted by Gasteiger charge is -2.30. The molecule has 0 radical (unpaired) electrons. The molecule has 1 aliphatic heterocycles. The van der Waals surface area contributed by atoms with E-state index < -0.39 is 6.09 Å². The maximum absolute atomic E-state index is 12.5. The molecule has 2 N–H and O–H groups in total. The van der Waals surface area contributed by atoms with Gasteiger partial charge in [0.05, 0.1) is 11.9 Å². The van der Waals surface area contributed by atoms with Gasteiger partial charge in [0.15, 0.2) is 0 Å². The molecule has 0 unspecified atom stereocenters. The van der Waals surface area contributed by atoms with E-state index in [-0.39, 0.29) is 12.7 Å². The summed E-state index contributed by atoms with van der Waals surface area (Å²) in [4.78, 5) is 14.8. The highest BCUT2D eigenvalue weighted by atomic mass is 16.5. The summed E-state index contributed by atoms with van der Waals surface area (Å²) in [5.74, 6) is 0.640. The summed E-state index contributed by atoms with van der Waals surface area (Å²) in [6, 6.07) is 13.6. The van der Waals surface area contributed by atoms with Crippen molar-refractivity contribution in [1.82, 2.24) is 15.1 Å². The predicted octanol–water partition coefficient (Wildman–Crippen LogP) is 4.61. The molecule has 162 valence electrons. The molecule has 7 heteroatoms. The topological polar surface area (TPSA) is 79.5 Å². The molecular formula is C24H28N4O3. The standard InChI is InChI=1S/C24H28N4O3/c1-17-5-3-4-6-19(17)16-30-24(29)27-22-8-7-18(20-14-25-26-15-20)13-23(22)31-21-9-11-28(2)12-10-21/h3-8,13-15,21H,9-12,16H2,1-2H3,(H,25,26)(H,27,29). The Hall–Kier alpha value is -3.32. The van der Waals surface area contributed by atoms with E-state index in [1.54, 1.807) is 6.20 Å². The van der Waals surface area contributed by atoms with E-state index in [0.29, 0.717) is 11.4 Å². The Morgan fingerprint density at radius 1 is 1.19 bits per heavy atom. The van der Waals surface area contributed by atoms with Crippen LogP contribution in [0.15, 0.2) is 54.9 Å². The smallest absolute Gasteiger partial charge is 0.412 e. The van der Waals surface area contributed by atoms with Gasteiger partial charge in [-0.3, -0.25) is 10.4 Å². The Labute approximate surface area is 182 Å². The lowest BCUT2D eigenvalue weighted by atomic mass is 10.1. The van der Waals surface area contributed by atoms with Crippen LogP contribution in [-0.4, -0.2) is 47.4 Å². The number of benzene rings is 2. The van der Waals surface area contributed by atoms with Gasteiger partial charge in [-0.2, -0.15) is 5.10 Å². The van der Waals surface area contributed by atoms with Crippen molar-refractivity contribution in [2.45, 2.75) is 32.5 Å². The van der Waals surface area contributed by atoms with E-state index in [2.05, 4.69) is 27.5 Å². The Balaban J connectivity index is 1.48. The second-order valence-corrected chi connectivity index (χ2v) is 7.95. The number of piperidine rings is 1. The fourth-order valence-electron chi connectivity index (χ4n) is 3.66. The number of nitrogens with one attached hydrogen (secondary N) is 2. The van der Waals surface area contributed by atoms with Gasteiger partial charge in [-0.15, -0.1) is 0 Å². The molecule has 7 nitrogen and oxygen atoms in total. The summed E-state index contributed by atoms with van der Waals surface area (Å²) in [7, 11) is 2.12. The van der Waals surface area contributed by atoms with Gasteiger partial charge in [0.2, 0.25) is 0 Å². The number of rotatable bonds is 6. The van der Waals surface area contributed by atoms with Crippen LogP contribution in [0.3, 0.4) is 0 Å². The van der Waals surface area contributed by atoms with Crippen molar-refractivity contribution in [3.63, 3.8) is 0 Å². The first-order valence-electron chi connectivity index (χ1n) is 10.5. The van der Waals surface area contributed by atoms with Crippen LogP contribution in [0.2, 0.25) is 0 Å². The highest BCUT2D eigenvalue weighted by Crippen LogP contribution is 2.33. The van der Waals surface area contributed by atoms with Crippen molar-refractivity contribution in [2.24, 2.45) is 0 Å². The van der Waals surface area contributed by atoms with Gasteiger partial charge in [-0.1, -0.05) is 30.3 Å². The minimum atomic E-state index is -0.507. The maximum Gasteiger partial charge on any atom is 0.412 e. The first kappa shape index (κ1) is 20.9. The zero-order valence-corrected chi connectivity index (χ0v) is 17.9. The number of ether oxygens (including phenoxy) is 2. The van der Waals surface area contributed by atoms with Crippen LogP contribution in [0.25, 0.3) is 11.1 Å². The quantitative estimate of drug-likeness (QED) is 0.609. The van der Waals surface area contributed by atoms with Crippen LogP contribution in [0, 0.1) is 6.92 Å². The second-order valence-electron chi connectivity index (χ2n) is 7.95. The average Bonchev–Trinajstić information content (AvgIpc) is 3.31.